The molecule has 2 heterocycles. The van der Waals surface area contributed by atoms with E-state index in [0.717, 1.165) is 11.5 Å². The molecule has 0 spiro atoms. The van der Waals surface area contributed by atoms with Crippen molar-refractivity contribution >= 4 is 17.4 Å². The Bertz CT molecular complexity index is 460. The average molecular weight is 269 g/mol. The molecule has 18 heavy (non-hydrogen) atoms. The highest BCUT2D eigenvalue weighted by atomic mass is 32.1. The maximum Gasteiger partial charge on any atom is 0.267 e. The number of nitrogens with zero attached hydrogens (tertiary/aromatic N) is 3. The van der Waals surface area contributed by atoms with Crippen molar-refractivity contribution in [1.82, 2.24) is 14.5 Å². The fraction of sp³-hybridized carbons (Fsp3) is 0.750. The first kappa shape index (κ1) is 13.4. The molecule has 0 aromatic carbocycles. The predicted molar refractivity (Wildman–Crippen MR) is 69.5 cm³/mol. The van der Waals surface area contributed by atoms with Gasteiger partial charge in [-0.3, -0.25) is 4.79 Å². The number of likely N-dealkylation sites (tertiary alicyclic amines) is 1. The Hall–Kier alpha value is -1.01. The molecule has 5 nitrogen and oxygen atoms in total. The smallest absolute Gasteiger partial charge is 0.267 e. The Kier molecular flexibility index (Phi) is 3.42. The van der Waals surface area contributed by atoms with Crippen LogP contribution in [-0.2, 0) is 0 Å². The van der Waals surface area contributed by atoms with Crippen LogP contribution in [0, 0.1) is 18.8 Å². The molecule has 1 aromatic rings. The maximum absolute atomic E-state index is 12.3. The quantitative estimate of drug-likeness (QED) is 0.879. The van der Waals surface area contributed by atoms with Crippen molar-refractivity contribution in [2.24, 2.45) is 11.8 Å². The Labute approximate surface area is 111 Å². The number of carbonyl (C=O) groups is 1. The molecule has 1 aromatic heterocycles. The van der Waals surface area contributed by atoms with Crippen molar-refractivity contribution in [1.29, 1.82) is 0 Å². The number of carbonyl (C=O) groups excluding carboxylic acids is 1. The van der Waals surface area contributed by atoms with E-state index in [2.05, 4.69) is 9.59 Å². The molecule has 1 fully saturated rings. The molecule has 6 heteroatoms. The summed E-state index contributed by atoms with van der Waals surface area (Å²) in [6.45, 7) is 8.73. The second-order valence-electron chi connectivity index (χ2n) is 5.42. The summed E-state index contributed by atoms with van der Waals surface area (Å²) >= 11 is 1.12. The highest BCUT2D eigenvalue weighted by molar-refractivity contribution is 7.07. The number of amides is 1. The molecule has 2 atom stereocenters. The SMILES string of the molecule is Cc1nnsc1C(=O)N1C[C@@H](C)[C@](O)(C(C)C)C1. The molecule has 0 aliphatic carbocycles. The minimum absolute atomic E-state index is 0.0640. The molecule has 0 bridgehead atoms. The van der Waals surface area contributed by atoms with E-state index < -0.39 is 5.60 Å². The fourth-order valence-electron chi connectivity index (χ4n) is 2.49. The van der Waals surface area contributed by atoms with E-state index in [1.165, 1.54) is 0 Å². The zero-order valence-electron chi connectivity index (χ0n) is 11.2. The van der Waals surface area contributed by atoms with Gasteiger partial charge in [-0.25, -0.2) is 0 Å². The van der Waals surface area contributed by atoms with Gasteiger partial charge in [0.25, 0.3) is 5.91 Å². The summed E-state index contributed by atoms with van der Waals surface area (Å²) in [5.74, 6) is 0.152. The van der Waals surface area contributed by atoms with Crippen molar-refractivity contribution < 1.29 is 9.90 Å². The molecule has 1 aliphatic rings. The van der Waals surface area contributed by atoms with Crippen LogP contribution in [0.3, 0.4) is 0 Å². The van der Waals surface area contributed by atoms with Crippen molar-refractivity contribution in [2.75, 3.05) is 13.1 Å². The molecule has 2 rings (SSSR count). The van der Waals surface area contributed by atoms with E-state index in [-0.39, 0.29) is 17.7 Å². The van der Waals surface area contributed by atoms with E-state index in [1.54, 1.807) is 11.8 Å². The number of aryl methyl sites for hydroxylation is 1. The highest BCUT2D eigenvalue weighted by Crippen LogP contribution is 2.34. The molecular weight excluding hydrogens is 250 g/mol. The number of hydrogen-bond acceptors (Lipinski definition) is 5. The van der Waals surface area contributed by atoms with Crippen molar-refractivity contribution in [2.45, 2.75) is 33.3 Å². The zero-order chi connectivity index (χ0) is 13.5. The van der Waals surface area contributed by atoms with E-state index in [0.29, 0.717) is 23.7 Å². The number of aromatic nitrogens is 2. The van der Waals surface area contributed by atoms with Gasteiger partial charge >= 0.3 is 0 Å². The number of hydrogen-bond donors (Lipinski definition) is 1. The zero-order valence-corrected chi connectivity index (χ0v) is 12.0. The molecule has 1 aliphatic heterocycles. The third kappa shape index (κ3) is 2.03. The first-order valence-electron chi connectivity index (χ1n) is 6.17. The minimum Gasteiger partial charge on any atom is -0.387 e. The summed E-state index contributed by atoms with van der Waals surface area (Å²) in [5.41, 5.74) is -0.126. The van der Waals surface area contributed by atoms with Crippen LogP contribution in [0.4, 0.5) is 0 Å². The van der Waals surface area contributed by atoms with Gasteiger partial charge in [0.15, 0.2) is 0 Å². The average Bonchev–Trinajstić information content (AvgIpc) is 2.84. The van der Waals surface area contributed by atoms with E-state index in [1.807, 2.05) is 20.8 Å². The van der Waals surface area contributed by atoms with Gasteiger partial charge in [0.1, 0.15) is 4.88 Å². The second kappa shape index (κ2) is 4.59. The van der Waals surface area contributed by atoms with Crippen LogP contribution in [0.1, 0.15) is 36.1 Å². The van der Waals surface area contributed by atoms with Crippen molar-refractivity contribution in [3.8, 4) is 0 Å². The third-order valence-electron chi connectivity index (χ3n) is 3.92. The number of aliphatic hydroxyl groups is 1. The fourth-order valence-corrected chi connectivity index (χ4v) is 3.12. The summed E-state index contributed by atoms with van der Waals surface area (Å²) in [6.07, 6.45) is 0. The third-order valence-corrected chi connectivity index (χ3v) is 4.74. The van der Waals surface area contributed by atoms with E-state index >= 15 is 0 Å². The Balaban J connectivity index is 2.19. The van der Waals surface area contributed by atoms with Gasteiger partial charge in [-0.05, 0) is 24.4 Å². The number of β-amino-alcohol motifs (C(OH)–C–C–N with tert-alkyl or cyclic N) is 1. The maximum atomic E-state index is 12.3. The van der Waals surface area contributed by atoms with Crippen LogP contribution in [-0.4, -0.2) is 44.2 Å². The molecule has 0 radical (unpaired) electrons. The monoisotopic (exact) mass is 269 g/mol. The topological polar surface area (TPSA) is 66.3 Å². The van der Waals surface area contributed by atoms with Crippen LogP contribution < -0.4 is 0 Å². The Morgan fingerprint density at radius 3 is 2.72 bits per heavy atom. The van der Waals surface area contributed by atoms with Crippen LogP contribution in [0.15, 0.2) is 0 Å². The molecule has 1 saturated heterocycles. The second-order valence-corrected chi connectivity index (χ2v) is 6.17. The van der Waals surface area contributed by atoms with Gasteiger partial charge in [0.2, 0.25) is 0 Å². The van der Waals surface area contributed by atoms with Gasteiger partial charge in [-0.1, -0.05) is 25.3 Å². The van der Waals surface area contributed by atoms with E-state index in [4.69, 9.17) is 0 Å². The first-order chi connectivity index (χ1) is 8.36. The standard InChI is InChI=1S/C12H19N3O2S/c1-7(2)12(17)6-15(5-8(12)3)11(16)10-9(4)13-14-18-10/h7-8,17H,5-6H2,1-4H3/t8-,12-/m1/s1. The van der Waals surface area contributed by atoms with Crippen LogP contribution in [0.2, 0.25) is 0 Å². The Morgan fingerprint density at radius 2 is 2.28 bits per heavy atom. The summed E-state index contributed by atoms with van der Waals surface area (Å²) in [7, 11) is 0. The van der Waals surface area contributed by atoms with Gasteiger partial charge in [0, 0.05) is 12.5 Å². The van der Waals surface area contributed by atoms with Crippen molar-refractivity contribution in [3.63, 3.8) is 0 Å². The minimum atomic E-state index is -0.790. The highest BCUT2D eigenvalue weighted by Gasteiger charge is 2.46. The first-order valence-corrected chi connectivity index (χ1v) is 6.94. The molecule has 1 N–H and O–H groups in total. The molecular formula is C12H19N3O2S. The molecule has 100 valence electrons. The van der Waals surface area contributed by atoms with Crippen LogP contribution >= 0.6 is 11.5 Å². The van der Waals surface area contributed by atoms with Gasteiger partial charge < -0.3 is 10.0 Å². The van der Waals surface area contributed by atoms with Crippen LogP contribution in [0.25, 0.3) is 0 Å². The van der Waals surface area contributed by atoms with Crippen molar-refractivity contribution in [3.05, 3.63) is 10.6 Å². The summed E-state index contributed by atoms with van der Waals surface area (Å²) in [5, 5.41) is 14.5. The lowest BCUT2D eigenvalue weighted by atomic mass is 9.82. The summed E-state index contributed by atoms with van der Waals surface area (Å²) in [4.78, 5) is 14.6. The normalized spacial score (nSPS) is 28.1. The molecule has 0 saturated carbocycles. The lowest BCUT2D eigenvalue weighted by Crippen LogP contribution is -2.43. The predicted octanol–water partition coefficient (Wildman–Crippen LogP) is 1.33. The van der Waals surface area contributed by atoms with E-state index in [9.17, 15) is 9.90 Å². The van der Waals surface area contributed by atoms with Crippen LogP contribution in [0.5, 0.6) is 0 Å². The molecule has 1 amide bonds. The Morgan fingerprint density at radius 1 is 1.61 bits per heavy atom. The summed E-state index contributed by atoms with van der Waals surface area (Å²) in [6, 6.07) is 0. The largest absolute Gasteiger partial charge is 0.387 e. The lowest BCUT2D eigenvalue weighted by Gasteiger charge is -2.30. The summed E-state index contributed by atoms with van der Waals surface area (Å²) < 4.78 is 3.79. The lowest BCUT2D eigenvalue weighted by molar-refractivity contribution is -0.0243. The number of rotatable bonds is 2. The van der Waals surface area contributed by atoms with Gasteiger partial charge in [-0.2, -0.15) is 0 Å². The molecule has 0 unspecified atom stereocenters. The van der Waals surface area contributed by atoms with Gasteiger partial charge in [-0.15, -0.1) is 5.10 Å². The van der Waals surface area contributed by atoms with Gasteiger partial charge in [0.05, 0.1) is 17.8 Å².